The summed E-state index contributed by atoms with van der Waals surface area (Å²) in [6.45, 7) is 5.62. The molecule has 1 aromatic heterocycles. The van der Waals surface area contributed by atoms with Gasteiger partial charge in [0.05, 0.1) is 10.7 Å². The van der Waals surface area contributed by atoms with E-state index in [1.807, 2.05) is 0 Å². The first-order valence-electron chi connectivity index (χ1n) is 6.06. The number of halogens is 1. The number of rotatable bonds is 2. The molecule has 1 N–H and O–H groups in total. The van der Waals surface area contributed by atoms with E-state index >= 15 is 0 Å². The predicted octanol–water partition coefficient (Wildman–Crippen LogP) is 1.08. The molecular formula is C11H18FN3O2S2. The van der Waals surface area contributed by atoms with E-state index in [9.17, 15) is 12.8 Å². The van der Waals surface area contributed by atoms with Gasteiger partial charge in [-0.1, -0.05) is 0 Å². The smallest absolute Gasteiger partial charge is 0.254 e. The van der Waals surface area contributed by atoms with Crippen LogP contribution in [0.4, 0.5) is 4.39 Å². The van der Waals surface area contributed by atoms with Crippen molar-refractivity contribution in [1.82, 2.24) is 14.6 Å². The number of thiazole rings is 1. The Labute approximate surface area is 116 Å². The predicted molar refractivity (Wildman–Crippen MR) is 72.7 cm³/mol. The van der Waals surface area contributed by atoms with Crippen LogP contribution in [-0.4, -0.2) is 49.6 Å². The van der Waals surface area contributed by atoms with Crippen molar-refractivity contribution in [2.75, 3.05) is 26.2 Å². The second-order valence-corrected chi connectivity index (χ2v) is 8.37. The van der Waals surface area contributed by atoms with Crippen LogP contribution in [0.1, 0.15) is 17.6 Å². The maximum atomic E-state index is 14.2. The third kappa shape index (κ3) is 3.13. The van der Waals surface area contributed by atoms with Gasteiger partial charge in [0, 0.05) is 26.2 Å². The summed E-state index contributed by atoms with van der Waals surface area (Å²) in [6, 6.07) is 0. The van der Waals surface area contributed by atoms with E-state index in [0.717, 1.165) is 11.3 Å². The molecule has 1 aromatic rings. The number of sulfonamides is 1. The molecule has 0 radical (unpaired) electrons. The largest absolute Gasteiger partial charge is 0.312 e. The minimum atomic E-state index is -3.66. The highest BCUT2D eigenvalue weighted by molar-refractivity contribution is 7.91. The lowest BCUT2D eigenvalue weighted by atomic mass is 10.1. The van der Waals surface area contributed by atoms with Crippen LogP contribution in [-0.2, 0) is 10.0 Å². The summed E-state index contributed by atoms with van der Waals surface area (Å²) in [4.78, 5) is 4.14. The van der Waals surface area contributed by atoms with Crippen LogP contribution in [0.2, 0.25) is 0 Å². The molecule has 1 unspecified atom stereocenters. The van der Waals surface area contributed by atoms with Crippen LogP contribution in [0, 0.1) is 13.8 Å². The number of nitrogens with zero attached hydrogens (tertiary/aromatic N) is 2. The molecular weight excluding hydrogens is 289 g/mol. The molecule has 2 rings (SSSR count). The molecule has 8 heteroatoms. The molecule has 0 saturated carbocycles. The van der Waals surface area contributed by atoms with Crippen LogP contribution in [0.3, 0.4) is 0 Å². The molecule has 0 bridgehead atoms. The van der Waals surface area contributed by atoms with E-state index in [0.29, 0.717) is 17.2 Å². The molecule has 1 saturated heterocycles. The zero-order valence-corrected chi connectivity index (χ0v) is 12.9. The first kappa shape index (κ1) is 14.8. The van der Waals surface area contributed by atoms with Gasteiger partial charge in [0.1, 0.15) is 5.67 Å². The molecule has 5 nitrogen and oxygen atoms in total. The minimum Gasteiger partial charge on any atom is -0.312 e. The van der Waals surface area contributed by atoms with E-state index in [-0.39, 0.29) is 23.8 Å². The van der Waals surface area contributed by atoms with Gasteiger partial charge in [-0.05, 0) is 20.8 Å². The average Bonchev–Trinajstić information content (AvgIpc) is 2.51. The van der Waals surface area contributed by atoms with Crippen molar-refractivity contribution in [2.45, 2.75) is 30.6 Å². The Morgan fingerprint density at radius 1 is 1.47 bits per heavy atom. The lowest BCUT2D eigenvalue weighted by Crippen LogP contribution is -2.42. The normalized spacial score (nSPS) is 26.3. The summed E-state index contributed by atoms with van der Waals surface area (Å²) in [5.74, 6) is 0. The maximum absolute atomic E-state index is 14.2. The minimum absolute atomic E-state index is 0.126. The third-order valence-electron chi connectivity index (χ3n) is 2.97. The Bertz CT molecular complexity index is 568. The molecule has 0 aromatic carbocycles. The lowest BCUT2D eigenvalue weighted by molar-refractivity contribution is 0.166. The summed E-state index contributed by atoms with van der Waals surface area (Å²) in [5, 5.41) is 3.62. The fourth-order valence-electron chi connectivity index (χ4n) is 2.13. The third-order valence-corrected chi connectivity index (χ3v) is 6.48. The van der Waals surface area contributed by atoms with E-state index in [2.05, 4.69) is 10.3 Å². The van der Waals surface area contributed by atoms with Gasteiger partial charge >= 0.3 is 0 Å². The van der Waals surface area contributed by atoms with Gasteiger partial charge in [-0.2, -0.15) is 4.31 Å². The van der Waals surface area contributed by atoms with Crippen molar-refractivity contribution in [3.05, 3.63) is 10.7 Å². The molecule has 2 heterocycles. The molecule has 1 fully saturated rings. The fourth-order valence-corrected chi connectivity index (χ4v) is 5.30. The Balaban J connectivity index is 2.36. The topological polar surface area (TPSA) is 62.3 Å². The second-order valence-electron chi connectivity index (χ2n) is 5.03. The summed E-state index contributed by atoms with van der Waals surface area (Å²) in [7, 11) is -3.66. The zero-order valence-electron chi connectivity index (χ0n) is 11.2. The van der Waals surface area contributed by atoms with Crippen LogP contribution in [0.5, 0.6) is 0 Å². The molecule has 1 aliphatic heterocycles. The van der Waals surface area contributed by atoms with Gasteiger partial charge in [-0.15, -0.1) is 11.3 Å². The lowest BCUT2D eigenvalue weighted by Gasteiger charge is -2.25. The molecule has 0 spiro atoms. The monoisotopic (exact) mass is 307 g/mol. The van der Waals surface area contributed by atoms with Crippen LogP contribution >= 0.6 is 11.3 Å². The van der Waals surface area contributed by atoms with Crippen molar-refractivity contribution >= 4 is 21.4 Å². The van der Waals surface area contributed by atoms with Gasteiger partial charge in [-0.3, -0.25) is 0 Å². The highest BCUT2D eigenvalue weighted by Gasteiger charge is 2.36. The van der Waals surface area contributed by atoms with Gasteiger partial charge in [0.2, 0.25) is 0 Å². The summed E-state index contributed by atoms with van der Waals surface area (Å²) in [6.07, 6.45) is 0. The highest BCUT2D eigenvalue weighted by Crippen LogP contribution is 2.28. The molecule has 19 heavy (non-hydrogen) atoms. The summed E-state index contributed by atoms with van der Waals surface area (Å²) in [5.41, 5.74) is -1.07. The SMILES string of the molecule is Cc1nc(C)c(S(=O)(=O)N2CCNCC(C)(F)C2)s1. The van der Waals surface area contributed by atoms with E-state index in [1.54, 1.807) is 13.8 Å². The molecule has 0 aliphatic carbocycles. The van der Waals surface area contributed by atoms with Crippen molar-refractivity contribution < 1.29 is 12.8 Å². The molecule has 1 aliphatic rings. The Morgan fingerprint density at radius 2 is 2.16 bits per heavy atom. The van der Waals surface area contributed by atoms with Crippen molar-refractivity contribution in [3.8, 4) is 0 Å². The van der Waals surface area contributed by atoms with Crippen LogP contribution in [0.15, 0.2) is 4.21 Å². The van der Waals surface area contributed by atoms with Crippen molar-refractivity contribution in [1.29, 1.82) is 0 Å². The number of nitrogens with one attached hydrogen (secondary N) is 1. The molecule has 108 valence electrons. The maximum Gasteiger partial charge on any atom is 0.254 e. The number of hydrogen-bond acceptors (Lipinski definition) is 5. The zero-order chi connectivity index (χ0) is 14.3. The van der Waals surface area contributed by atoms with E-state index in [1.165, 1.54) is 11.2 Å². The molecule has 0 amide bonds. The van der Waals surface area contributed by atoms with Crippen LogP contribution in [0.25, 0.3) is 0 Å². The first-order valence-corrected chi connectivity index (χ1v) is 8.32. The second kappa shape index (κ2) is 5.08. The highest BCUT2D eigenvalue weighted by atomic mass is 32.2. The van der Waals surface area contributed by atoms with Gasteiger partial charge in [0.15, 0.2) is 4.21 Å². The Hall–Kier alpha value is -0.570. The van der Waals surface area contributed by atoms with Gasteiger partial charge < -0.3 is 5.32 Å². The van der Waals surface area contributed by atoms with E-state index < -0.39 is 15.7 Å². The summed E-state index contributed by atoms with van der Waals surface area (Å²) < 4.78 is 40.7. The first-order chi connectivity index (χ1) is 8.72. The average molecular weight is 307 g/mol. The number of alkyl halides is 1. The van der Waals surface area contributed by atoms with Crippen molar-refractivity contribution in [3.63, 3.8) is 0 Å². The Kier molecular flexibility index (Phi) is 3.97. The Morgan fingerprint density at radius 3 is 2.74 bits per heavy atom. The standard InChI is InChI=1S/C11H18FN3O2S2/c1-8-10(18-9(2)14-8)19(16,17)15-5-4-13-6-11(3,12)7-15/h13H,4-7H2,1-3H3. The number of aromatic nitrogens is 1. The molecule has 1 atom stereocenters. The van der Waals surface area contributed by atoms with Gasteiger partial charge in [0.25, 0.3) is 10.0 Å². The van der Waals surface area contributed by atoms with Gasteiger partial charge in [-0.25, -0.2) is 17.8 Å². The number of hydrogen-bond donors (Lipinski definition) is 1. The van der Waals surface area contributed by atoms with E-state index in [4.69, 9.17) is 0 Å². The van der Waals surface area contributed by atoms with Crippen LogP contribution < -0.4 is 5.32 Å². The number of aryl methyl sites for hydroxylation is 2. The summed E-state index contributed by atoms with van der Waals surface area (Å²) >= 11 is 1.14. The fraction of sp³-hybridized carbons (Fsp3) is 0.727. The quantitative estimate of drug-likeness (QED) is 0.888. The van der Waals surface area contributed by atoms with Crippen molar-refractivity contribution in [2.24, 2.45) is 0 Å².